The average Bonchev–Trinajstić information content (AvgIpc) is 1.61. The lowest BCUT2D eigenvalue weighted by atomic mass is 9.48. The first-order chi connectivity index (χ1) is 53.0. The second kappa shape index (κ2) is 29.6. The van der Waals surface area contributed by atoms with Crippen molar-refractivity contribution in [3.05, 3.63) is 149 Å². The average molecular weight is 1490 g/mol. The predicted octanol–water partition coefficient (Wildman–Crippen LogP) is 17.5. The van der Waals surface area contributed by atoms with Crippen LogP contribution in [0.4, 0.5) is 0 Å². The molecule has 0 radical (unpaired) electrons. The lowest BCUT2D eigenvalue weighted by Crippen LogP contribution is -2.54. The van der Waals surface area contributed by atoms with Crippen molar-refractivity contribution in [3.8, 4) is 53.6 Å². The van der Waals surface area contributed by atoms with Gasteiger partial charge in [0.25, 0.3) is 0 Å². The number of aliphatic hydroxyl groups is 4. The smallest absolute Gasteiger partial charge is 0.178 e. The molecule has 0 aliphatic heterocycles. The molecule has 0 saturated heterocycles. The largest absolute Gasteiger partial charge is 0.507 e. The molecule has 2 heterocycles. The van der Waals surface area contributed by atoms with Gasteiger partial charge in [0, 0.05) is 71.0 Å². The van der Waals surface area contributed by atoms with Gasteiger partial charge in [0.1, 0.15) is 33.8 Å². The highest BCUT2D eigenvalue weighted by Gasteiger charge is 2.68. The van der Waals surface area contributed by atoms with E-state index in [0.717, 1.165) is 153 Å². The van der Waals surface area contributed by atoms with Gasteiger partial charge in [-0.25, -0.2) is 4.98 Å². The van der Waals surface area contributed by atoms with Crippen molar-refractivity contribution >= 4 is 23.1 Å². The summed E-state index contributed by atoms with van der Waals surface area (Å²) in [6, 6.07) is 16.7. The number of phenolic OH excluding ortho intramolecular Hbond substituents is 1. The fourth-order valence-electron chi connectivity index (χ4n) is 28.9. The van der Waals surface area contributed by atoms with E-state index in [4.69, 9.17) is 6.42 Å². The first-order valence-electron chi connectivity index (χ1n) is 43.2. The molecule has 16 aliphatic rings. The zero-order valence-corrected chi connectivity index (χ0v) is 67.2. The second-order valence-corrected chi connectivity index (χ2v) is 39.4. The molecule has 0 bridgehead atoms. The summed E-state index contributed by atoms with van der Waals surface area (Å²) in [5, 5.41) is 56.2. The standard InChI is InChI=1S/C27H32O3.2C26H31NO2.C21H26O2/c1-17-15-19-16-20(28)7-8-21(19)22-10-12-26(2)23(25(17)22)11-14-27(26,30)13-9-18-5-3-4-6-24(18)29;1-17-14-19-15-20(28)5-6-21(19)22-8-10-25(2)23(24(17)22)9-12-26(25,29)11-7-18-4-3-13-27-16-18;1-17-15-18-16-20(28)6-7-21(18)22-9-11-25(2)23(24(17)22)10-13-26(25,29)12-8-19-5-3-4-14-27-19;1-4-21(23)10-8-18-19-13(2)11-14-12-15(22)5-6-16(14)17(19)7-9-20(18,21)3/h3-6,16-17,21-23,25,29-30H,7-8,10-12,14-15H2,1-2H3;3-4,13,15-17,21-24,29H,5-6,8-10,12,14H2,1-2H3;3-5,14,16-17,21-24,29H,6-7,9-11,13,15H2,1-2H3;1,5-6,12-13,16-19,23H,7-11H2,2-3H3/t17-,21-,22-,23+,25+,26-,27+;2*17-,21-,22-,23+,24+,25-,26+;13-,16-,17-,18+,19+,20-,21+/m0000/s1. The maximum Gasteiger partial charge on any atom is 0.178 e. The van der Waals surface area contributed by atoms with Crippen LogP contribution >= 0.6 is 0 Å². The lowest BCUT2D eigenvalue weighted by molar-refractivity contribution is -0.118. The van der Waals surface area contributed by atoms with Gasteiger partial charge in [-0.05, 0) is 333 Å². The summed E-state index contributed by atoms with van der Waals surface area (Å²) >= 11 is 0. The van der Waals surface area contributed by atoms with E-state index in [-0.39, 0.29) is 33.2 Å². The first kappa shape index (κ1) is 77.7. The van der Waals surface area contributed by atoms with E-state index in [1.807, 2.05) is 60.7 Å². The third kappa shape index (κ3) is 13.2. The van der Waals surface area contributed by atoms with Gasteiger partial charge >= 0.3 is 0 Å². The maximum absolute atomic E-state index is 12.0. The normalized spacial score (nSPS) is 44.7. The highest BCUT2D eigenvalue weighted by atomic mass is 16.3. The summed E-state index contributed by atoms with van der Waals surface area (Å²) in [7, 11) is 0. The second-order valence-electron chi connectivity index (χ2n) is 39.4. The van der Waals surface area contributed by atoms with Crippen LogP contribution in [0.3, 0.4) is 0 Å². The zero-order valence-electron chi connectivity index (χ0n) is 67.2. The fraction of sp³-hybridized carbons (Fsp3) is 0.620. The number of pyridine rings is 2. The molecule has 3 aromatic rings. The molecular weight excluding hydrogens is 1370 g/mol. The summed E-state index contributed by atoms with van der Waals surface area (Å²) in [4.78, 5) is 56.1. The molecule has 11 heteroatoms. The van der Waals surface area contributed by atoms with Crippen molar-refractivity contribution in [2.45, 2.75) is 245 Å². The first-order valence-corrected chi connectivity index (χ1v) is 43.2. The number of para-hydroxylation sites is 1. The number of benzene rings is 1. The Morgan fingerprint density at radius 1 is 0.432 bits per heavy atom. The number of carbonyl (C=O) groups excluding carboxylic acids is 4. The number of nitrogens with zero attached hydrogens (tertiary/aromatic N) is 2. The molecule has 0 spiro atoms. The molecule has 5 N–H and O–H groups in total. The van der Waals surface area contributed by atoms with E-state index in [1.54, 1.807) is 42.9 Å². The van der Waals surface area contributed by atoms with Crippen LogP contribution in [-0.2, 0) is 19.2 Å². The Balaban J connectivity index is 0.000000113. The van der Waals surface area contributed by atoms with Gasteiger partial charge in [0.05, 0.1) is 5.56 Å². The van der Waals surface area contributed by atoms with Crippen LogP contribution in [0.25, 0.3) is 0 Å². The lowest BCUT2D eigenvalue weighted by Gasteiger charge is -2.56. The number of allylic oxidation sites excluding steroid dienone is 7. The predicted molar refractivity (Wildman–Crippen MR) is 432 cm³/mol. The van der Waals surface area contributed by atoms with Crippen LogP contribution in [0.5, 0.6) is 5.75 Å². The minimum Gasteiger partial charge on any atom is -0.507 e. The maximum atomic E-state index is 12.0. The minimum absolute atomic E-state index is 0.144. The van der Waals surface area contributed by atoms with Gasteiger partial charge in [0.15, 0.2) is 23.1 Å². The Hall–Kier alpha value is -7.22. The van der Waals surface area contributed by atoms with Gasteiger partial charge in [-0.1, -0.05) is 137 Å². The van der Waals surface area contributed by atoms with Crippen LogP contribution in [0, 0.1) is 188 Å². The highest BCUT2D eigenvalue weighted by molar-refractivity contribution is 6.01. The summed E-state index contributed by atoms with van der Waals surface area (Å²) in [5.41, 5.74) is 3.29. The van der Waals surface area contributed by atoms with E-state index in [1.165, 1.54) is 22.3 Å². The van der Waals surface area contributed by atoms with Crippen LogP contribution in [0.15, 0.2) is 132 Å². The third-order valence-electron chi connectivity index (χ3n) is 34.5. The number of phenols is 1. The number of rotatable bonds is 0. The van der Waals surface area contributed by atoms with Gasteiger partial charge in [-0.3, -0.25) is 24.2 Å². The van der Waals surface area contributed by atoms with Gasteiger partial charge < -0.3 is 25.5 Å². The van der Waals surface area contributed by atoms with Gasteiger partial charge in [-0.2, -0.15) is 0 Å². The van der Waals surface area contributed by atoms with Crippen LogP contribution in [-0.4, -0.2) is 81.0 Å². The molecule has 584 valence electrons. The molecule has 1 aromatic carbocycles. The number of hydrogen-bond acceptors (Lipinski definition) is 11. The molecule has 2 aromatic heterocycles. The van der Waals surface area contributed by atoms with Crippen molar-refractivity contribution in [2.75, 3.05) is 0 Å². The number of carbonyl (C=O) groups is 4. The minimum atomic E-state index is -1.01. The number of aromatic hydroxyl groups is 1. The molecular formula is C100H120N2O9. The third-order valence-corrected chi connectivity index (χ3v) is 34.5. The van der Waals surface area contributed by atoms with Crippen molar-refractivity contribution in [1.82, 2.24) is 9.97 Å². The Labute approximate surface area is 661 Å². The van der Waals surface area contributed by atoms with Crippen molar-refractivity contribution in [2.24, 2.45) is 140 Å². The zero-order chi connectivity index (χ0) is 78.0. The summed E-state index contributed by atoms with van der Waals surface area (Å²) in [6.07, 6.45) is 47.7. The molecule has 12 saturated carbocycles. The molecule has 11 nitrogen and oxygen atoms in total. The van der Waals surface area contributed by atoms with Crippen molar-refractivity contribution in [3.63, 3.8) is 0 Å². The van der Waals surface area contributed by atoms with Crippen molar-refractivity contribution in [1.29, 1.82) is 0 Å². The number of hydrogen-bond donors (Lipinski definition) is 5. The van der Waals surface area contributed by atoms with Crippen molar-refractivity contribution < 1.29 is 44.7 Å². The van der Waals surface area contributed by atoms with E-state index in [2.05, 4.69) is 113 Å². The van der Waals surface area contributed by atoms with Gasteiger partial charge in [0.2, 0.25) is 0 Å². The van der Waals surface area contributed by atoms with Crippen LogP contribution in [0.1, 0.15) is 239 Å². The quantitative estimate of drug-likeness (QED) is 0.134. The Kier molecular flexibility index (Phi) is 20.7. The van der Waals surface area contributed by atoms with Crippen LogP contribution < -0.4 is 0 Å². The topological polar surface area (TPSA) is 195 Å². The number of ketones is 4. The summed E-state index contributed by atoms with van der Waals surface area (Å²) < 4.78 is 0. The molecule has 0 unspecified atom stereocenters. The monoisotopic (exact) mass is 1490 g/mol. The molecule has 111 heavy (non-hydrogen) atoms. The number of fused-ring (bicyclic) bond motifs is 20. The van der Waals surface area contributed by atoms with E-state index in [0.29, 0.717) is 167 Å². The SMILES string of the molecule is C#C[C@@]1(O)CC[C@@H]2[C@H]3[C@@H](CC[C@@]21C)[C@H]1C=CC(=O)C=C1C[C@@H]3C.C[C@H]1CC2=CC(=O)CC[C@@H]2[C@@H]2CC[C@@]3(C)[C@H](CC[C@]3(O)C#Cc3ccccc3O)[C@@H]21.C[C@H]1CC2=CC(=O)CC[C@@H]2[C@@H]2CC[C@@]3(C)[C@H](CC[C@]3(O)C#Cc3ccccn3)[C@@H]21.C[C@H]1CC2=CC(=O)CC[C@@H]2[C@@H]2CC[C@@]3(C)[C@H](CC[C@]3(O)C#Cc3cccnc3)[C@@H]21. The Morgan fingerprint density at radius 3 is 1.29 bits per heavy atom. The van der Waals surface area contributed by atoms with Crippen LogP contribution in [0.2, 0.25) is 0 Å². The number of terminal acetylenes is 1. The van der Waals surface area contributed by atoms with E-state index < -0.39 is 22.4 Å². The molecule has 28 atom stereocenters. The number of aromatic nitrogens is 2. The van der Waals surface area contributed by atoms with E-state index in [9.17, 15) is 44.7 Å². The van der Waals surface area contributed by atoms with Gasteiger partial charge in [-0.15, -0.1) is 6.42 Å². The highest BCUT2D eigenvalue weighted by Crippen LogP contribution is 2.71. The molecule has 12 fully saturated rings. The summed E-state index contributed by atoms with van der Waals surface area (Å²) in [5.74, 6) is 34.7. The Morgan fingerprint density at radius 2 is 0.847 bits per heavy atom. The van der Waals surface area contributed by atoms with E-state index >= 15 is 0 Å². The fourth-order valence-corrected chi connectivity index (χ4v) is 28.9. The summed E-state index contributed by atoms with van der Waals surface area (Å²) in [6.45, 7) is 18.5. The molecule has 0 amide bonds. The molecule has 19 rings (SSSR count). The Bertz CT molecular complexity index is 4430. The molecule has 16 aliphatic carbocycles.